The number of nitrogens with one attached hydrogen (secondary N) is 2. The Morgan fingerprint density at radius 2 is 2.00 bits per heavy atom. The molecule has 1 heterocycles. The average Bonchev–Trinajstić information content (AvgIpc) is 2.40. The maximum Gasteiger partial charge on any atom is 0.242 e. The predicted octanol–water partition coefficient (Wildman–Crippen LogP) is 2.02. The van der Waals surface area contributed by atoms with Crippen molar-refractivity contribution in [1.82, 2.24) is 10.0 Å². The molecule has 118 valence electrons. The molecule has 0 aromatic heterocycles. The Kier molecular flexibility index (Phi) is 5.43. The highest BCUT2D eigenvalue weighted by atomic mass is 79.9. The van der Waals surface area contributed by atoms with Gasteiger partial charge in [-0.1, -0.05) is 6.07 Å². The van der Waals surface area contributed by atoms with Crippen LogP contribution < -0.4 is 10.0 Å². The number of sulfonamides is 1. The molecular formula is C14H21BrN2O3S. The van der Waals surface area contributed by atoms with E-state index in [1.54, 1.807) is 12.1 Å². The van der Waals surface area contributed by atoms with Crippen LogP contribution in [0.3, 0.4) is 0 Å². The molecule has 0 saturated carbocycles. The molecule has 1 aliphatic rings. The monoisotopic (exact) mass is 376 g/mol. The smallest absolute Gasteiger partial charge is 0.242 e. The van der Waals surface area contributed by atoms with Gasteiger partial charge in [0.2, 0.25) is 10.0 Å². The standard InChI is InChI=1S/C14H21BrN2O3S/c1-14(5-7-20-8-6-14)17-21(18,19)13-9-11(10-16-2)3-4-12(13)15/h3-4,9,16-17H,5-8,10H2,1-2H3. The van der Waals surface area contributed by atoms with Crippen LogP contribution in [0.25, 0.3) is 0 Å². The fraction of sp³-hybridized carbons (Fsp3) is 0.571. The van der Waals surface area contributed by atoms with Crippen LogP contribution in [0, 0.1) is 0 Å². The number of rotatable bonds is 5. The molecule has 2 rings (SSSR count). The highest BCUT2D eigenvalue weighted by molar-refractivity contribution is 9.10. The lowest BCUT2D eigenvalue weighted by Gasteiger charge is -2.34. The zero-order valence-electron chi connectivity index (χ0n) is 12.3. The Morgan fingerprint density at radius 3 is 2.62 bits per heavy atom. The molecule has 21 heavy (non-hydrogen) atoms. The summed E-state index contributed by atoms with van der Waals surface area (Å²) in [5, 5.41) is 3.02. The summed E-state index contributed by atoms with van der Waals surface area (Å²) in [5.74, 6) is 0. The minimum atomic E-state index is -3.57. The molecule has 1 aromatic rings. The Morgan fingerprint density at radius 1 is 1.33 bits per heavy atom. The van der Waals surface area contributed by atoms with Gasteiger partial charge in [-0.25, -0.2) is 13.1 Å². The Bertz CT molecular complexity index is 598. The molecule has 7 heteroatoms. The van der Waals surface area contributed by atoms with Gasteiger partial charge in [-0.05, 0) is 60.4 Å². The summed E-state index contributed by atoms with van der Waals surface area (Å²) < 4.78 is 34.1. The summed E-state index contributed by atoms with van der Waals surface area (Å²) in [4.78, 5) is 0.281. The van der Waals surface area contributed by atoms with E-state index in [0.717, 1.165) is 5.56 Å². The molecule has 1 saturated heterocycles. The van der Waals surface area contributed by atoms with Gasteiger partial charge in [0.1, 0.15) is 0 Å². The molecule has 0 aliphatic carbocycles. The van der Waals surface area contributed by atoms with E-state index in [1.165, 1.54) is 0 Å². The maximum atomic E-state index is 12.7. The number of halogens is 1. The number of hydrogen-bond donors (Lipinski definition) is 2. The normalized spacial score (nSPS) is 18.6. The van der Waals surface area contributed by atoms with Crippen LogP contribution in [-0.2, 0) is 21.3 Å². The van der Waals surface area contributed by atoms with Gasteiger partial charge in [0.15, 0.2) is 0 Å². The Hall–Kier alpha value is -0.470. The molecular weight excluding hydrogens is 356 g/mol. The van der Waals surface area contributed by atoms with E-state index in [9.17, 15) is 8.42 Å². The first-order valence-electron chi connectivity index (χ1n) is 6.91. The van der Waals surface area contributed by atoms with Crippen LogP contribution in [0.4, 0.5) is 0 Å². The molecule has 1 aliphatic heterocycles. The van der Waals surface area contributed by atoms with E-state index in [0.29, 0.717) is 37.1 Å². The second-order valence-corrected chi connectivity index (χ2v) is 8.08. The third-order valence-electron chi connectivity index (χ3n) is 3.64. The average molecular weight is 377 g/mol. The molecule has 5 nitrogen and oxygen atoms in total. The van der Waals surface area contributed by atoms with E-state index in [1.807, 2.05) is 20.0 Å². The van der Waals surface area contributed by atoms with Crippen molar-refractivity contribution in [3.05, 3.63) is 28.2 Å². The predicted molar refractivity (Wildman–Crippen MR) is 85.7 cm³/mol. The summed E-state index contributed by atoms with van der Waals surface area (Å²) in [6, 6.07) is 5.37. The molecule has 0 spiro atoms. The van der Waals surface area contributed by atoms with Crippen LogP contribution in [-0.4, -0.2) is 34.2 Å². The van der Waals surface area contributed by atoms with Crippen molar-refractivity contribution in [3.63, 3.8) is 0 Å². The molecule has 1 aromatic carbocycles. The Labute approximate surface area is 134 Å². The maximum absolute atomic E-state index is 12.7. The molecule has 1 fully saturated rings. The minimum absolute atomic E-state index is 0.281. The second kappa shape index (κ2) is 6.75. The zero-order valence-corrected chi connectivity index (χ0v) is 14.7. The molecule has 0 amide bonds. The lowest BCUT2D eigenvalue weighted by Crippen LogP contribution is -2.49. The van der Waals surface area contributed by atoms with Gasteiger partial charge in [-0.3, -0.25) is 0 Å². The van der Waals surface area contributed by atoms with Crippen molar-refractivity contribution in [2.75, 3.05) is 20.3 Å². The van der Waals surface area contributed by atoms with E-state index < -0.39 is 15.6 Å². The van der Waals surface area contributed by atoms with E-state index >= 15 is 0 Å². The summed E-state index contributed by atoms with van der Waals surface area (Å²) in [6.45, 7) is 3.72. The minimum Gasteiger partial charge on any atom is -0.381 e. The summed E-state index contributed by atoms with van der Waals surface area (Å²) >= 11 is 3.34. The van der Waals surface area contributed by atoms with E-state index in [-0.39, 0.29) is 4.90 Å². The van der Waals surface area contributed by atoms with Gasteiger partial charge in [0.25, 0.3) is 0 Å². The number of ether oxygens (including phenoxy) is 1. The second-order valence-electron chi connectivity index (χ2n) is 5.57. The molecule has 0 bridgehead atoms. The first-order chi connectivity index (χ1) is 9.86. The number of benzene rings is 1. The Balaban J connectivity index is 2.28. The van der Waals surface area contributed by atoms with Gasteiger partial charge in [0, 0.05) is 29.8 Å². The quantitative estimate of drug-likeness (QED) is 0.824. The van der Waals surface area contributed by atoms with Gasteiger partial charge in [-0.15, -0.1) is 0 Å². The fourth-order valence-corrected chi connectivity index (χ4v) is 4.85. The summed E-state index contributed by atoms with van der Waals surface area (Å²) in [5.41, 5.74) is 0.480. The highest BCUT2D eigenvalue weighted by Gasteiger charge is 2.33. The molecule has 0 radical (unpaired) electrons. The van der Waals surface area contributed by atoms with Crippen molar-refractivity contribution in [1.29, 1.82) is 0 Å². The van der Waals surface area contributed by atoms with Gasteiger partial charge < -0.3 is 10.1 Å². The lowest BCUT2D eigenvalue weighted by molar-refractivity contribution is 0.0537. The van der Waals surface area contributed by atoms with Crippen molar-refractivity contribution in [3.8, 4) is 0 Å². The highest BCUT2D eigenvalue weighted by Crippen LogP contribution is 2.27. The zero-order chi connectivity index (χ0) is 15.5. The van der Waals surface area contributed by atoms with Crippen molar-refractivity contribution in [2.24, 2.45) is 0 Å². The van der Waals surface area contributed by atoms with Crippen LogP contribution in [0.5, 0.6) is 0 Å². The van der Waals surface area contributed by atoms with Crippen molar-refractivity contribution < 1.29 is 13.2 Å². The van der Waals surface area contributed by atoms with E-state index in [2.05, 4.69) is 26.0 Å². The largest absolute Gasteiger partial charge is 0.381 e. The van der Waals surface area contributed by atoms with Gasteiger partial charge in [-0.2, -0.15) is 0 Å². The van der Waals surface area contributed by atoms with Crippen LogP contribution in [0.15, 0.2) is 27.6 Å². The van der Waals surface area contributed by atoms with Gasteiger partial charge in [0.05, 0.1) is 4.90 Å². The van der Waals surface area contributed by atoms with E-state index in [4.69, 9.17) is 4.74 Å². The van der Waals surface area contributed by atoms with Crippen LogP contribution >= 0.6 is 15.9 Å². The van der Waals surface area contributed by atoms with Crippen molar-refractivity contribution >= 4 is 26.0 Å². The van der Waals surface area contributed by atoms with Crippen LogP contribution in [0.1, 0.15) is 25.3 Å². The molecule has 0 unspecified atom stereocenters. The molecule has 2 N–H and O–H groups in total. The SMILES string of the molecule is CNCc1ccc(Br)c(S(=O)(=O)NC2(C)CCOCC2)c1. The van der Waals surface area contributed by atoms with Gasteiger partial charge >= 0.3 is 0 Å². The third-order valence-corrected chi connectivity index (χ3v) is 6.28. The first kappa shape index (κ1) is 16.9. The fourth-order valence-electron chi connectivity index (χ4n) is 2.37. The molecule has 0 atom stereocenters. The lowest BCUT2D eigenvalue weighted by atomic mass is 9.94. The summed E-state index contributed by atoms with van der Waals surface area (Å²) in [6.07, 6.45) is 1.36. The summed E-state index contributed by atoms with van der Waals surface area (Å²) in [7, 11) is -1.74. The van der Waals surface area contributed by atoms with Crippen molar-refractivity contribution in [2.45, 2.75) is 36.7 Å². The topological polar surface area (TPSA) is 67.4 Å². The first-order valence-corrected chi connectivity index (χ1v) is 9.19. The third kappa shape index (κ3) is 4.26. The number of hydrogen-bond acceptors (Lipinski definition) is 4. The van der Waals surface area contributed by atoms with Crippen LogP contribution in [0.2, 0.25) is 0 Å².